The maximum absolute atomic E-state index is 12.9. The van der Waals surface area contributed by atoms with Gasteiger partial charge in [0, 0.05) is 18.7 Å². The molecule has 0 atom stereocenters. The van der Waals surface area contributed by atoms with E-state index in [1.807, 2.05) is 37.3 Å². The molecule has 27 heavy (non-hydrogen) atoms. The monoisotopic (exact) mass is 374 g/mol. The molecular weight excluding hydrogens is 357 g/mol. The van der Waals surface area contributed by atoms with Crippen molar-refractivity contribution >= 4 is 5.91 Å². The number of amides is 1. The Morgan fingerprint density at radius 3 is 2.33 bits per heavy atom. The number of halogens is 3. The predicted octanol–water partition coefficient (Wildman–Crippen LogP) is 5.02. The Morgan fingerprint density at radius 2 is 1.74 bits per heavy atom. The van der Waals surface area contributed by atoms with E-state index in [1.54, 1.807) is 4.90 Å². The van der Waals surface area contributed by atoms with Gasteiger partial charge in [-0.2, -0.15) is 13.2 Å². The molecule has 1 aromatic heterocycles. The third kappa shape index (κ3) is 4.19. The lowest BCUT2D eigenvalue weighted by molar-refractivity contribution is -0.137. The van der Waals surface area contributed by atoms with Gasteiger partial charge in [-0.1, -0.05) is 47.6 Å². The average Bonchev–Trinajstić information content (AvgIpc) is 3.15. The maximum Gasteiger partial charge on any atom is 0.416 e. The Balaban J connectivity index is 1.86. The fourth-order valence-corrected chi connectivity index (χ4v) is 2.71. The van der Waals surface area contributed by atoms with Crippen molar-refractivity contribution in [1.29, 1.82) is 0 Å². The lowest BCUT2D eigenvalue weighted by Gasteiger charge is -2.20. The van der Waals surface area contributed by atoms with Crippen LogP contribution in [0.3, 0.4) is 0 Å². The molecule has 0 aliphatic carbocycles. The SMILES string of the molecule is CCN(Cc1ccccc1)C(=O)c1cnoc1-c1ccc(C(F)(F)F)cc1. The predicted molar refractivity (Wildman–Crippen MR) is 93.8 cm³/mol. The number of aromatic nitrogens is 1. The first-order valence-corrected chi connectivity index (χ1v) is 8.35. The zero-order valence-electron chi connectivity index (χ0n) is 14.5. The third-order valence-electron chi connectivity index (χ3n) is 4.16. The van der Waals surface area contributed by atoms with E-state index in [2.05, 4.69) is 5.16 Å². The fourth-order valence-electron chi connectivity index (χ4n) is 2.71. The highest BCUT2D eigenvalue weighted by molar-refractivity contribution is 5.99. The van der Waals surface area contributed by atoms with Gasteiger partial charge in [0.1, 0.15) is 5.56 Å². The zero-order chi connectivity index (χ0) is 19.4. The number of hydrogen-bond acceptors (Lipinski definition) is 3. The molecule has 0 saturated carbocycles. The molecule has 140 valence electrons. The largest absolute Gasteiger partial charge is 0.416 e. The van der Waals surface area contributed by atoms with Crippen LogP contribution in [0.5, 0.6) is 0 Å². The van der Waals surface area contributed by atoms with Crippen LogP contribution >= 0.6 is 0 Å². The Bertz CT molecular complexity index is 903. The van der Waals surface area contributed by atoms with Gasteiger partial charge in [0.05, 0.1) is 11.8 Å². The van der Waals surface area contributed by atoms with E-state index in [1.165, 1.54) is 18.3 Å². The van der Waals surface area contributed by atoms with Gasteiger partial charge >= 0.3 is 6.18 Å². The summed E-state index contributed by atoms with van der Waals surface area (Å²) in [4.78, 5) is 14.5. The maximum atomic E-state index is 12.9. The summed E-state index contributed by atoms with van der Waals surface area (Å²) >= 11 is 0. The molecular formula is C20H17F3N2O2. The standard InChI is InChI=1S/C20H17F3N2O2/c1-2-25(13-14-6-4-3-5-7-14)19(26)17-12-24-27-18(17)15-8-10-16(11-9-15)20(21,22)23/h3-12H,2,13H2,1H3. The molecule has 0 radical (unpaired) electrons. The molecule has 3 aromatic rings. The second-order valence-electron chi connectivity index (χ2n) is 5.95. The minimum Gasteiger partial charge on any atom is -0.355 e. The Hall–Kier alpha value is -3.09. The number of benzene rings is 2. The normalized spacial score (nSPS) is 11.4. The second-order valence-corrected chi connectivity index (χ2v) is 5.95. The van der Waals surface area contributed by atoms with Crippen molar-refractivity contribution in [2.75, 3.05) is 6.54 Å². The molecule has 0 spiro atoms. The zero-order valence-corrected chi connectivity index (χ0v) is 14.5. The Morgan fingerprint density at radius 1 is 1.07 bits per heavy atom. The summed E-state index contributed by atoms with van der Waals surface area (Å²) in [6.45, 7) is 2.73. The number of alkyl halides is 3. The van der Waals surface area contributed by atoms with Gasteiger partial charge in [-0.25, -0.2) is 0 Å². The van der Waals surface area contributed by atoms with Crippen molar-refractivity contribution in [3.63, 3.8) is 0 Å². The van der Waals surface area contributed by atoms with Crippen molar-refractivity contribution in [3.8, 4) is 11.3 Å². The second kappa shape index (κ2) is 7.65. The lowest BCUT2D eigenvalue weighted by atomic mass is 10.1. The van der Waals surface area contributed by atoms with Crippen molar-refractivity contribution < 1.29 is 22.5 Å². The van der Waals surface area contributed by atoms with Crippen LogP contribution in [0, 0.1) is 0 Å². The number of hydrogen-bond donors (Lipinski definition) is 0. The van der Waals surface area contributed by atoms with Gasteiger partial charge in [-0.3, -0.25) is 4.79 Å². The molecule has 0 aliphatic rings. The summed E-state index contributed by atoms with van der Waals surface area (Å²) in [6.07, 6.45) is -3.13. The molecule has 2 aromatic carbocycles. The topological polar surface area (TPSA) is 46.3 Å². The highest BCUT2D eigenvalue weighted by Gasteiger charge is 2.30. The van der Waals surface area contributed by atoms with Gasteiger partial charge in [-0.15, -0.1) is 0 Å². The first-order chi connectivity index (χ1) is 12.9. The van der Waals surface area contributed by atoms with Crippen LogP contribution in [-0.2, 0) is 12.7 Å². The summed E-state index contributed by atoms with van der Waals surface area (Å²) in [5, 5.41) is 3.67. The molecule has 0 fully saturated rings. The van der Waals surface area contributed by atoms with Gasteiger partial charge in [0.2, 0.25) is 0 Å². The van der Waals surface area contributed by atoms with E-state index in [9.17, 15) is 18.0 Å². The molecule has 1 heterocycles. The molecule has 0 saturated heterocycles. The minimum atomic E-state index is -4.42. The average molecular weight is 374 g/mol. The quantitative estimate of drug-likeness (QED) is 0.630. The van der Waals surface area contributed by atoms with Crippen LogP contribution in [0.1, 0.15) is 28.4 Å². The van der Waals surface area contributed by atoms with E-state index in [-0.39, 0.29) is 17.2 Å². The van der Waals surface area contributed by atoms with E-state index in [0.29, 0.717) is 18.7 Å². The first kappa shape index (κ1) is 18.7. The van der Waals surface area contributed by atoms with E-state index in [4.69, 9.17) is 4.52 Å². The van der Waals surface area contributed by atoms with Crippen molar-refractivity contribution in [1.82, 2.24) is 10.1 Å². The molecule has 0 bridgehead atoms. The number of carbonyl (C=O) groups is 1. The highest BCUT2D eigenvalue weighted by Crippen LogP contribution is 2.32. The first-order valence-electron chi connectivity index (χ1n) is 8.35. The van der Waals surface area contributed by atoms with Gasteiger partial charge < -0.3 is 9.42 Å². The summed E-state index contributed by atoms with van der Waals surface area (Å²) < 4.78 is 43.4. The van der Waals surface area contributed by atoms with Gasteiger partial charge in [-0.05, 0) is 24.6 Å². The molecule has 0 unspecified atom stereocenters. The molecule has 7 heteroatoms. The molecule has 4 nitrogen and oxygen atoms in total. The number of carbonyl (C=O) groups excluding carboxylic acids is 1. The summed E-state index contributed by atoms with van der Waals surface area (Å²) in [7, 11) is 0. The minimum absolute atomic E-state index is 0.153. The van der Waals surface area contributed by atoms with Crippen LogP contribution in [0.25, 0.3) is 11.3 Å². The molecule has 1 amide bonds. The van der Waals surface area contributed by atoms with Gasteiger partial charge in [0.25, 0.3) is 5.91 Å². The molecule has 0 aliphatic heterocycles. The highest BCUT2D eigenvalue weighted by atomic mass is 19.4. The smallest absolute Gasteiger partial charge is 0.355 e. The Kier molecular flexibility index (Phi) is 5.30. The lowest BCUT2D eigenvalue weighted by Crippen LogP contribution is -2.30. The summed E-state index contributed by atoms with van der Waals surface area (Å²) in [6, 6.07) is 14.0. The Labute approximate surface area is 154 Å². The van der Waals surface area contributed by atoms with Crippen LogP contribution in [-0.4, -0.2) is 22.5 Å². The van der Waals surface area contributed by atoms with Crippen molar-refractivity contribution in [2.24, 2.45) is 0 Å². The molecule has 0 N–H and O–H groups in total. The molecule has 3 rings (SSSR count). The van der Waals surface area contributed by atoms with Crippen molar-refractivity contribution in [2.45, 2.75) is 19.6 Å². The summed E-state index contributed by atoms with van der Waals surface area (Å²) in [5.41, 5.74) is 0.783. The van der Waals surface area contributed by atoms with Crippen molar-refractivity contribution in [3.05, 3.63) is 77.5 Å². The summed E-state index contributed by atoms with van der Waals surface area (Å²) in [5.74, 6) is -0.141. The van der Waals surface area contributed by atoms with E-state index in [0.717, 1.165) is 17.7 Å². The van der Waals surface area contributed by atoms with Crippen LogP contribution < -0.4 is 0 Å². The number of rotatable bonds is 5. The number of nitrogens with zero attached hydrogens (tertiary/aromatic N) is 2. The van der Waals surface area contributed by atoms with Crippen LogP contribution in [0.4, 0.5) is 13.2 Å². The van der Waals surface area contributed by atoms with Crippen LogP contribution in [0.15, 0.2) is 65.3 Å². The van der Waals surface area contributed by atoms with E-state index >= 15 is 0 Å². The van der Waals surface area contributed by atoms with Gasteiger partial charge in [0.15, 0.2) is 5.76 Å². The fraction of sp³-hybridized carbons (Fsp3) is 0.200. The third-order valence-corrected chi connectivity index (χ3v) is 4.16. The van der Waals surface area contributed by atoms with Crippen LogP contribution in [0.2, 0.25) is 0 Å². The van der Waals surface area contributed by atoms with E-state index < -0.39 is 11.7 Å².